The van der Waals surface area contributed by atoms with E-state index in [9.17, 15) is 9.90 Å². The van der Waals surface area contributed by atoms with E-state index in [0.717, 1.165) is 45.3 Å². The normalized spacial score (nSPS) is 16.0. The van der Waals surface area contributed by atoms with E-state index >= 15 is 0 Å². The molecule has 0 aliphatic carbocycles. The quantitative estimate of drug-likeness (QED) is 0.536. The highest BCUT2D eigenvalue weighted by Gasteiger charge is 2.31. The maximum atomic E-state index is 11.3. The molecule has 0 radical (unpaired) electrons. The van der Waals surface area contributed by atoms with Crippen LogP contribution in [0, 0.1) is 0 Å². The molecule has 0 aliphatic rings. The summed E-state index contributed by atoms with van der Waals surface area (Å²) in [7, 11) is 0. The van der Waals surface area contributed by atoms with Gasteiger partial charge in [-0.15, -0.1) is 0 Å². The second-order valence-electron chi connectivity index (χ2n) is 5.49. The van der Waals surface area contributed by atoms with E-state index in [1.54, 1.807) is 6.92 Å². The minimum atomic E-state index is -0.801. The Bertz CT molecular complexity index is 246. The van der Waals surface area contributed by atoms with E-state index in [0.29, 0.717) is 12.5 Å². The lowest BCUT2D eigenvalue weighted by Crippen LogP contribution is -2.49. The van der Waals surface area contributed by atoms with Crippen LogP contribution in [0.15, 0.2) is 0 Å². The zero-order valence-electron chi connectivity index (χ0n) is 13.0. The highest BCUT2D eigenvalue weighted by Crippen LogP contribution is 2.15. The molecule has 2 N–H and O–H groups in total. The van der Waals surface area contributed by atoms with Crippen molar-refractivity contribution in [1.82, 2.24) is 5.32 Å². The molecule has 0 spiro atoms. The van der Waals surface area contributed by atoms with Gasteiger partial charge < -0.3 is 15.2 Å². The average molecular weight is 273 g/mol. The van der Waals surface area contributed by atoms with Crippen LogP contribution in [-0.2, 0) is 9.53 Å². The van der Waals surface area contributed by atoms with Gasteiger partial charge in [0.25, 0.3) is 0 Å². The molecule has 0 saturated heterocycles. The SMILES string of the molecule is CCCNC(C)(CCCCOC(C)CCC)C(=O)O. The number of carboxylic acid groups (broad SMARTS) is 1. The summed E-state index contributed by atoms with van der Waals surface area (Å²) in [5.41, 5.74) is -0.801. The van der Waals surface area contributed by atoms with Crippen molar-refractivity contribution in [3.05, 3.63) is 0 Å². The molecule has 4 nitrogen and oxygen atoms in total. The smallest absolute Gasteiger partial charge is 0.323 e. The van der Waals surface area contributed by atoms with Crippen LogP contribution < -0.4 is 5.32 Å². The number of aliphatic carboxylic acids is 1. The highest BCUT2D eigenvalue weighted by molar-refractivity contribution is 5.78. The largest absolute Gasteiger partial charge is 0.480 e. The molecule has 0 fully saturated rings. The van der Waals surface area contributed by atoms with Gasteiger partial charge in [0.15, 0.2) is 0 Å². The Labute approximate surface area is 117 Å². The van der Waals surface area contributed by atoms with E-state index in [1.165, 1.54) is 0 Å². The highest BCUT2D eigenvalue weighted by atomic mass is 16.5. The van der Waals surface area contributed by atoms with E-state index in [1.807, 2.05) is 6.92 Å². The molecular weight excluding hydrogens is 242 g/mol. The van der Waals surface area contributed by atoms with Gasteiger partial charge in [-0.2, -0.15) is 0 Å². The van der Waals surface area contributed by atoms with Gasteiger partial charge in [0, 0.05) is 6.61 Å². The molecule has 0 aromatic heterocycles. The summed E-state index contributed by atoms with van der Waals surface area (Å²) in [6.07, 6.45) is 5.93. The van der Waals surface area contributed by atoms with Crippen molar-refractivity contribution < 1.29 is 14.6 Å². The fourth-order valence-corrected chi connectivity index (χ4v) is 2.03. The van der Waals surface area contributed by atoms with Crippen molar-refractivity contribution >= 4 is 5.97 Å². The third-order valence-corrected chi connectivity index (χ3v) is 3.41. The number of nitrogens with one attached hydrogen (secondary N) is 1. The Balaban J connectivity index is 3.84. The summed E-state index contributed by atoms with van der Waals surface area (Å²) >= 11 is 0. The standard InChI is InChI=1S/C15H31NO3/c1-5-9-13(3)19-12-8-7-10-15(4,14(17)18)16-11-6-2/h13,16H,5-12H2,1-4H3,(H,17,18). The van der Waals surface area contributed by atoms with Gasteiger partial charge in [-0.1, -0.05) is 20.3 Å². The Kier molecular flexibility index (Phi) is 9.88. The molecule has 0 amide bonds. The molecule has 0 aromatic rings. The summed E-state index contributed by atoms with van der Waals surface area (Å²) in [6.45, 7) is 9.52. The minimum Gasteiger partial charge on any atom is -0.480 e. The topological polar surface area (TPSA) is 58.6 Å². The fourth-order valence-electron chi connectivity index (χ4n) is 2.03. The zero-order valence-corrected chi connectivity index (χ0v) is 13.0. The second kappa shape index (κ2) is 10.2. The molecule has 2 unspecified atom stereocenters. The molecule has 0 aliphatic heterocycles. The van der Waals surface area contributed by atoms with Crippen LogP contribution in [0.2, 0.25) is 0 Å². The number of ether oxygens (including phenoxy) is 1. The molecule has 0 saturated carbocycles. The van der Waals surface area contributed by atoms with Gasteiger partial charge in [-0.25, -0.2) is 0 Å². The number of hydrogen-bond donors (Lipinski definition) is 2. The Morgan fingerprint density at radius 1 is 1.32 bits per heavy atom. The summed E-state index contributed by atoms with van der Waals surface area (Å²) in [5.74, 6) is -0.763. The molecule has 114 valence electrons. The van der Waals surface area contributed by atoms with Crippen LogP contribution in [0.25, 0.3) is 0 Å². The third-order valence-electron chi connectivity index (χ3n) is 3.41. The van der Waals surface area contributed by atoms with E-state index in [2.05, 4.69) is 19.2 Å². The van der Waals surface area contributed by atoms with Crippen molar-refractivity contribution in [2.75, 3.05) is 13.2 Å². The molecule has 19 heavy (non-hydrogen) atoms. The molecule has 0 bridgehead atoms. The maximum Gasteiger partial charge on any atom is 0.323 e. The van der Waals surface area contributed by atoms with E-state index in [-0.39, 0.29) is 0 Å². The van der Waals surface area contributed by atoms with Gasteiger partial charge >= 0.3 is 5.97 Å². The first kappa shape index (κ1) is 18.4. The second-order valence-corrected chi connectivity index (χ2v) is 5.49. The molecule has 0 aromatic carbocycles. The number of carbonyl (C=O) groups is 1. The first-order valence-corrected chi connectivity index (χ1v) is 7.56. The Morgan fingerprint density at radius 3 is 2.53 bits per heavy atom. The van der Waals surface area contributed by atoms with Crippen LogP contribution >= 0.6 is 0 Å². The monoisotopic (exact) mass is 273 g/mol. The lowest BCUT2D eigenvalue weighted by Gasteiger charge is -2.26. The van der Waals surface area contributed by atoms with Crippen LogP contribution in [-0.4, -0.2) is 35.9 Å². The predicted octanol–water partition coefficient (Wildman–Crippen LogP) is 3.20. The van der Waals surface area contributed by atoms with Crippen molar-refractivity contribution in [3.63, 3.8) is 0 Å². The van der Waals surface area contributed by atoms with Gasteiger partial charge in [0.05, 0.1) is 6.10 Å². The number of carboxylic acids is 1. The van der Waals surface area contributed by atoms with Crippen molar-refractivity contribution in [2.24, 2.45) is 0 Å². The average Bonchev–Trinajstić information content (AvgIpc) is 2.36. The van der Waals surface area contributed by atoms with Gasteiger partial charge in [0.1, 0.15) is 5.54 Å². The Morgan fingerprint density at radius 2 is 2.00 bits per heavy atom. The van der Waals surface area contributed by atoms with Crippen molar-refractivity contribution in [3.8, 4) is 0 Å². The van der Waals surface area contributed by atoms with Gasteiger partial charge in [-0.3, -0.25) is 4.79 Å². The molecule has 0 rings (SSSR count). The van der Waals surface area contributed by atoms with Crippen LogP contribution in [0.4, 0.5) is 0 Å². The van der Waals surface area contributed by atoms with Gasteiger partial charge in [-0.05, 0) is 52.5 Å². The predicted molar refractivity (Wildman–Crippen MR) is 78.5 cm³/mol. The van der Waals surface area contributed by atoms with Crippen molar-refractivity contribution in [2.45, 2.75) is 77.9 Å². The summed E-state index contributed by atoms with van der Waals surface area (Å²) in [5, 5.41) is 12.4. The number of rotatable bonds is 12. The summed E-state index contributed by atoms with van der Waals surface area (Å²) in [6, 6.07) is 0. The van der Waals surface area contributed by atoms with E-state index < -0.39 is 11.5 Å². The zero-order chi connectivity index (χ0) is 14.7. The van der Waals surface area contributed by atoms with Crippen molar-refractivity contribution in [1.29, 1.82) is 0 Å². The molecule has 4 heteroatoms. The van der Waals surface area contributed by atoms with Crippen LogP contribution in [0.1, 0.15) is 66.2 Å². The lowest BCUT2D eigenvalue weighted by molar-refractivity contribution is -0.144. The number of unbranched alkanes of at least 4 members (excludes halogenated alkanes) is 1. The lowest BCUT2D eigenvalue weighted by atomic mass is 9.95. The fraction of sp³-hybridized carbons (Fsp3) is 0.933. The molecular formula is C15H31NO3. The minimum absolute atomic E-state index is 0.314. The summed E-state index contributed by atoms with van der Waals surface area (Å²) in [4.78, 5) is 11.3. The van der Waals surface area contributed by atoms with Gasteiger partial charge in [0.2, 0.25) is 0 Å². The summed E-state index contributed by atoms with van der Waals surface area (Å²) < 4.78 is 5.67. The maximum absolute atomic E-state index is 11.3. The van der Waals surface area contributed by atoms with Crippen LogP contribution in [0.5, 0.6) is 0 Å². The first-order chi connectivity index (χ1) is 8.96. The van der Waals surface area contributed by atoms with E-state index in [4.69, 9.17) is 4.74 Å². The number of hydrogen-bond acceptors (Lipinski definition) is 3. The van der Waals surface area contributed by atoms with Crippen LogP contribution in [0.3, 0.4) is 0 Å². The molecule has 0 heterocycles. The third kappa shape index (κ3) is 8.22. The Hall–Kier alpha value is -0.610. The first-order valence-electron chi connectivity index (χ1n) is 7.56. The molecule has 2 atom stereocenters.